The first-order valence-corrected chi connectivity index (χ1v) is 5.52. The van der Waals surface area contributed by atoms with Gasteiger partial charge in [-0.2, -0.15) is 0 Å². The van der Waals surface area contributed by atoms with Gasteiger partial charge in [-0.15, -0.1) is 0 Å². The molecule has 0 aliphatic rings. The van der Waals surface area contributed by atoms with Crippen LogP contribution < -0.4 is 5.32 Å². The molecule has 0 aromatic heterocycles. The van der Waals surface area contributed by atoms with E-state index in [4.69, 9.17) is 9.84 Å². The maximum atomic E-state index is 13.6. The Hall–Kier alpha value is -2.21. The second-order valence-corrected chi connectivity index (χ2v) is 3.70. The van der Waals surface area contributed by atoms with Crippen molar-refractivity contribution in [3.8, 4) is 0 Å². The average molecular weight is 267 g/mol. The summed E-state index contributed by atoms with van der Waals surface area (Å²) < 4.78 is 18.4. The van der Waals surface area contributed by atoms with Crippen LogP contribution in [-0.2, 0) is 14.3 Å². The van der Waals surface area contributed by atoms with Crippen LogP contribution in [0.3, 0.4) is 0 Å². The van der Waals surface area contributed by atoms with E-state index in [1.165, 1.54) is 25.3 Å². The van der Waals surface area contributed by atoms with Crippen molar-refractivity contribution in [2.75, 3.05) is 19.0 Å². The van der Waals surface area contributed by atoms with Crippen LogP contribution in [0.5, 0.6) is 0 Å². The number of aliphatic carboxylic acids is 1. The van der Waals surface area contributed by atoms with Crippen molar-refractivity contribution in [2.45, 2.75) is 6.42 Å². The molecule has 0 saturated carbocycles. The molecular formula is C13H14FNO4. The molecule has 0 radical (unpaired) electrons. The lowest BCUT2D eigenvalue weighted by Crippen LogP contribution is -2.14. The minimum Gasteiger partial charge on any atom is -0.478 e. The van der Waals surface area contributed by atoms with E-state index >= 15 is 0 Å². The second kappa shape index (κ2) is 7.27. The maximum Gasteiger partial charge on any atom is 0.328 e. The molecule has 2 N–H and O–H groups in total. The molecule has 0 fully saturated rings. The predicted molar refractivity (Wildman–Crippen MR) is 68.2 cm³/mol. The third-order valence-electron chi connectivity index (χ3n) is 2.22. The topological polar surface area (TPSA) is 75.6 Å². The number of carbonyl (C=O) groups is 2. The third kappa shape index (κ3) is 5.31. The highest BCUT2D eigenvalue weighted by Gasteiger charge is 2.07. The molecule has 0 saturated heterocycles. The van der Waals surface area contributed by atoms with E-state index in [2.05, 4.69) is 5.32 Å². The molecule has 0 unspecified atom stereocenters. The van der Waals surface area contributed by atoms with Crippen molar-refractivity contribution < 1.29 is 23.8 Å². The first kappa shape index (κ1) is 14.8. The number of hydrogen-bond donors (Lipinski definition) is 2. The molecule has 0 aliphatic heterocycles. The summed E-state index contributed by atoms with van der Waals surface area (Å²) in [6.07, 6.45) is 2.31. The third-order valence-corrected chi connectivity index (χ3v) is 2.22. The van der Waals surface area contributed by atoms with Crippen molar-refractivity contribution in [3.05, 3.63) is 35.7 Å². The Morgan fingerprint density at radius 2 is 2.21 bits per heavy atom. The lowest BCUT2D eigenvalue weighted by atomic mass is 10.2. The molecule has 1 aromatic rings. The zero-order valence-corrected chi connectivity index (χ0v) is 10.4. The molecule has 1 rings (SSSR count). The quantitative estimate of drug-likeness (QED) is 0.772. The summed E-state index contributed by atoms with van der Waals surface area (Å²) in [6, 6.07) is 4.03. The van der Waals surface area contributed by atoms with Gasteiger partial charge < -0.3 is 15.2 Å². The molecular weight excluding hydrogens is 253 g/mol. The van der Waals surface area contributed by atoms with Crippen LogP contribution in [0.1, 0.15) is 12.0 Å². The maximum absolute atomic E-state index is 13.6. The van der Waals surface area contributed by atoms with Crippen LogP contribution in [0, 0.1) is 5.82 Å². The minimum absolute atomic E-state index is 0.0496. The SMILES string of the molecule is COCCC(=O)Nc1ccc(C=CC(=O)O)cc1F. The summed E-state index contributed by atoms with van der Waals surface area (Å²) >= 11 is 0. The smallest absolute Gasteiger partial charge is 0.328 e. The second-order valence-electron chi connectivity index (χ2n) is 3.70. The highest BCUT2D eigenvalue weighted by molar-refractivity contribution is 5.91. The first-order valence-electron chi connectivity index (χ1n) is 5.52. The highest BCUT2D eigenvalue weighted by Crippen LogP contribution is 2.17. The number of anilines is 1. The number of amides is 1. The molecule has 0 aliphatic carbocycles. The number of hydrogen-bond acceptors (Lipinski definition) is 3. The monoisotopic (exact) mass is 267 g/mol. The van der Waals surface area contributed by atoms with Crippen molar-refractivity contribution >= 4 is 23.6 Å². The van der Waals surface area contributed by atoms with Gasteiger partial charge in [0, 0.05) is 13.2 Å². The molecule has 102 valence electrons. The average Bonchev–Trinajstić information content (AvgIpc) is 2.36. The molecule has 19 heavy (non-hydrogen) atoms. The largest absolute Gasteiger partial charge is 0.478 e. The van der Waals surface area contributed by atoms with Crippen molar-refractivity contribution in [1.29, 1.82) is 0 Å². The Labute approximate surface area is 109 Å². The minimum atomic E-state index is -1.11. The van der Waals surface area contributed by atoms with Gasteiger partial charge in [-0.25, -0.2) is 9.18 Å². The Kier molecular flexibility index (Phi) is 5.69. The summed E-state index contributed by atoms with van der Waals surface area (Å²) in [5.41, 5.74) is 0.448. The van der Waals surface area contributed by atoms with Crippen LogP contribution in [-0.4, -0.2) is 30.7 Å². The number of rotatable bonds is 6. The molecule has 0 heterocycles. The summed E-state index contributed by atoms with van der Waals surface area (Å²) in [5, 5.41) is 10.9. The number of halogens is 1. The van der Waals surface area contributed by atoms with Gasteiger partial charge in [0.05, 0.1) is 18.7 Å². The Morgan fingerprint density at radius 3 is 2.79 bits per heavy atom. The number of carbonyl (C=O) groups excluding carboxylic acids is 1. The van der Waals surface area contributed by atoms with Gasteiger partial charge in [0.2, 0.25) is 5.91 Å². The highest BCUT2D eigenvalue weighted by atomic mass is 19.1. The van der Waals surface area contributed by atoms with E-state index in [0.29, 0.717) is 5.56 Å². The van der Waals surface area contributed by atoms with Gasteiger partial charge in [0.1, 0.15) is 5.82 Å². The van der Waals surface area contributed by atoms with Crippen molar-refractivity contribution in [1.82, 2.24) is 0 Å². The Balaban J connectivity index is 2.72. The van der Waals surface area contributed by atoms with Gasteiger partial charge in [-0.05, 0) is 23.8 Å². The first-order chi connectivity index (χ1) is 9.02. The predicted octanol–water partition coefficient (Wildman–Crippen LogP) is 1.90. The van der Waals surface area contributed by atoms with E-state index in [0.717, 1.165) is 12.1 Å². The van der Waals surface area contributed by atoms with Gasteiger partial charge >= 0.3 is 5.97 Å². The standard InChI is InChI=1S/C13H14FNO4/c1-19-7-6-12(16)15-11-4-2-9(8-10(11)14)3-5-13(17)18/h2-5,8H,6-7H2,1H3,(H,15,16)(H,17,18). The molecule has 6 heteroatoms. The molecule has 1 aromatic carbocycles. The lowest BCUT2D eigenvalue weighted by Gasteiger charge is -2.06. The van der Waals surface area contributed by atoms with Gasteiger partial charge in [-0.1, -0.05) is 6.07 Å². The fourth-order valence-electron chi connectivity index (χ4n) is 1.31. The summed E-state index contributed by atoms with van der Waals surface area (Å²) in [7, 11) is 1.47. The van der Waals surface area contributed by atoms with Gasteiger partial charge in [0.15, 0.2) is 0 Å². The molecule has 0 bridgehead atoms. The van der Waals surface area contributed by atoms with E-state index in [9.17, 15) is 14.0 Å². The van der Waals surface area contributed by atoms with Crippen molar-refractivity contribution in [2.24, 2.45) is 0 Å². The van der Waals surface area contributed by atoms with Crippen LogP contribution in [0.2, 0.25) is 0 Å². The van der Waals surface area contributed by atoms with Gasteiger partial charge in [0.25, 0.3) is 0 Å². The number of carboxylic acid groups (broad SMARTS) is 1. The van der Waals surface area contributed by atoms with Crippen LogP contribution in [0.4, 0.5) is 10.1 Å². The number of nitrogens with one attached hydrogen (secondary N) is 1. The van der Waals surface area contributed by atoms with Crippen LogP contribution in [0.15, 0.2) is 24.3 Å². The van der Waals surface area contributed by atoms with Gasteiger partial charge in [-0.3, -0.25) is 4.79 Å². The fourth-order valence-corrected chi connectivity index (χ4v) is 1.31. The lowest BCUT2D eigenvalue weighted by molar-refractivity contribution is -0.131. The fraction of sp³-hybridized carbons (Fsp3) is 0.231. The molecule has 5 nitrogen and oxygen atoms in total. The summed E-state index contributed by atoms with van der Waals surface area (Å²) in [6.45, 7) is 0.257. The van der Waals surface area contributed by atoms with Crippen molar-refractivity contribution in [3.63, 3.8) is 0 Å². The van der Waals surface area contributed by atoms with E-state index in [1.807, 2.05) is 0 Å². The number of ether oxygens (including phenoxy) is 1. The normalized spacial score (nSPS) is 10.6. The van der Waals surface area contributed by atoms with Crippen LogP contribution in [0.25, 0.3) is 6.08 Å². The Bertz CT molecular complexity index is 499. The number of methoxy groups -OCH3 is 1. The molecule has 0 atom stereocenters. The van der Waals surface area contributed by atoms with E-state index in [-0.39, 0.29) is 24.6 Å². The zero-order valence-electron chi connectivity index (χ0n) is 10.4. The van der Waals surface area contributed by atoms with E-state index < -0.39 is 11.8 Å². The summed E-state index contributed by atoms with van der Waals surface area (Å²) in [5.74, 6) is -2.09. The molecule has 0 spiro atoms. The Morgan fingerprint density at radius 1 is 1.47 bits per heavy atom. The zero-order chi connectivity index (χ0) is 14.3. The van der Waals surface area contributed by atoms with E-state index in [1.54, 1.807) is 0 Å². The molecule has 1 amide bonds. The number of carboxylic acids is 1. The summed E-state index contributed by atoms with van der Waals surface area (Å²) in [4.78, 5) is 21.7. The van der Waals surface area contributed by atoms with Crippen LogP contribution >= 0.6 is 0 Å². The number of benzene rings is 1.